The fourth-order valence-corrected chi connectivity index (χ4v) is 4.91. The van der Waals surface area contributed by atoms with Crippen molar-refractivity contribution in [3.05, 3.63) is 63.2 Å². The van der Waals surface area contributed by atoms with Crippen molar-refractivity contribution in [1.29, 1.82) is 5.26 Å². The predicted octanol–water partition coefficient (Wildman–Crippen LogP) is 4.64. The van der Waals surface area contributed by atoms with Gasteiger partial charge in [-0.05, 0) is 26.8 Å². The second-order valence-electron chi connectivity index (χ2n) is 7.64. The van der Waals surface area contributed by atoms with Crippen molar-refractivity contribution in [2.45, 2.75) is 33.4 Å². The smallest absolute Gasteiger partial charge is 0.166 e. The van der Waals surface area contributed by atoms with Gasteiger partial charge in [0.25, 0.3) is 0 Å². The lowest BCUT2D eigenvalue weighted by Gasteiger charge is -2.21. The van der Waals surface area contributed by atoms with Gasteiger partial charge in [-0.15, -0.1) is 11.3 Å². The highest BCUT2D eigenvalue weighted by molar-refractivity contribution is 7.12. The predicted molar refractivity (Wildman–Crippen MR) is 120 cm³/mol. The number of ether oxygens (including phenoxy) is 1. The van der Waals surface area contributed by atoms with Gasteiger partial charge in [-0.3, -0.25) is 4.68 Å². The molecular formula is C23H20N6OS. The quantitative estimate of drug-likeness (QED) is 0.438. The Kier molecular flexibility index (Phi) is 4.49. The fraction of sp³-hybridized carbons (Fsp3) is 0.217. The van der Waals surface area contributed by atoms with Crippen LogP contribution in [0.3, 0.4) is 0 Å². The molecule has 1 unspecified atom stereocenters. The molecule has 3 aromatic heterocycles. The number of nitrogen functional groups attached to an aromatic ring is 1. The van der Waals surface area contributed by atoms with Crippen LogP contribution in [0.2, 0.25) is 0 Å². The molecule has 154 valence electrons. The summed E-state index contributed by atoms with van der Waals surface area (Å²) < 4.78 is 8.13. The average molecular weight is 429 g/mol. The molecule has 0 amide bonds. The van der Waals surface area contributed by atoms with Crippen LogP contribution in [0.5, 0.6) is 5.75 Å². The van der Waals surface area contributed by atoms with Crippen LogP contribution in [0.15, 0.2) is 36.7 Å². The summed E-state index contributed by atoms with van der Waals surface area (Å²) in [6.07, 6.45) is 2.97. The SMILES string of the molecule is Cc1ccc2c(c1)C(C)Oc1cc(cnc1N)-c1c(C#N)cnn1Cc1sc(C)nc1-2. The first-order valence-corrected chi connectivity index (χ1v) is 10.7. The number of pyridine rings is 1. The molecule has 0 saturated heterocycles. The number of aromatic nitrogens is 4. The minimum Gasteiger partial charge on any atom is -0.482 e. The Bertz CT molecular complexity index is 1360. The number of nitriles is 1. The molecule has 1 aromatic carbocycles. The molecule has 7 nitrogen and oxygen atoms in total. The number of hydrogen-bond acceptors (Lipinski definition) is 7. The Hall–Kier alpha value is -3.70. The highest BCUT2D eigenvalue weighted by Gasteiger charge is 2.24. The minimum atomic E-state index is -0.274. The van der Waals surface area contributed by atoms with Gasteiger partial charge in [0.05, 0.1) is 39.6 Å². The van der Waals surface area contributed by atoms with Gasteiger partial charge < -0.3 is 10.5 Å². The van der Waals surface area contributed by atoms with Gasteiger partial charge >= 0.3 is 0 Å². The van der Waals surface area contributed by atoms with Crippen molar-refractivity contribution in [1.82, 2.24) is 19.7 Å². The topological polar surface area (TPSA) is 103 Å². The lowest BCUT2D eigenvalue weighted by Crippen LogP contribution is -2.11. The molecule has 0 radical (unpaired) electrons. The Morgan fingerprint density at radius 3 is 2.90 bits per heavy atom. The monoisotopic (exact) mass is 428 g/mol. The van der Waals surface area contributed by atoms with Gasteiger partial charge in [0.2, 0.25) is 0 Å². The van der Waals surface area contributed by atoms with Crippen LogP contribution in [-0.2, 0) is 6.54 Å². The number of aryl methyl sites for hydroxylation is 2. The van der Waals surface area contributed by atoms with Crippen LogP contribution in [-0.4, -0.2) is 19.7 Å². The molecule has 2 bridgehead atoms. The highest BCUT2D eigenvalue weighted by atomic mass is 32.1. The first-order valence-electron chi connectivity index (χ1n) is 9.90. The van der Waals surface area contributed by atoms with E-state index in [4.69, 9.17) is 15.5 Å². The molecule has 1 aliphatic rings. The average Bonchev–Trinajstić information content (AvgIpc) is 3.32. The third-order valence-corrected chi connectivity index (χ3v) is 6.37. The largest absolute Gasteiger partial charge is 0.482 e. The van der Waals surface area contributed by atoms with Gasteiger partial charge in [0.15, 0.2) is 11.6 Å². The molecule has 1 atom stereocenters. The van der Waals surface area contributed by atoms with Crippen molar-refractivity contribution < 1.29 is 4.74 Å². The van der Waals surface area contributed by atoms with Crippen LogP contribution < -0.4 is 10.5 Å². The van der Waals surface area contributed by atoms with Gasteiger partial charge in [-0.1, -0.05) is 23.8 Å². The normalized spacial score (nSPS) is 14.8. The van der Waals surface area contributed by atoms with E-state index < -0.39 is 0 Å². The zero-order valence-electron chi connectivity index (χ0n) is 17.4. The molecule has 0 aliphatic carbocycles. The van der Waals surface area contributed by atoms with Crippen LogP contribution in [0.25, 0.3) is 22.5 Å². The number of fused-ring (bicyclic) bond motifs is 7. The third kappa shape index (κ3) is 3.23. The molecule has 31 heavy (non-hydrogen) atoms. The number of hydrogen-bond donors (Lipinski definition) is 1. The number of nitrogens with zero attached hydrogens (tertiary/aromatic N) is 5. The van der Waals surface area contributed by atoms with Crippen molar-refractivity contribution >= 4 is 17.2 Å². The first-order chi connectivity index (χ1) is 14.9. The first kappa shape index (κ1) is 19.3. The maximum atomic E-state index is 9.67. The summed E-state index contributed by atoms with van der Waals surface area (Å²) in [7, 11) is 0. The van der Waals surface area contributed by atoms with Crippen molar-refractivity contribution in [2.24, 2.45) is 0 Å². The van der Waals surface area contributed by atoms with E-state index in [1.165, 1.54) is 0 Å². The summed E-state index contributed by atoms with van der Waals surface area (Å²) in [4.78, 5) is 10.3. The molecular weight excluding hydrogens is 408 g/mol. The standard InChI is InChI=1S/C23H20N6OS/c1-12-4-5-17-18(6-12)13(2)30-19-7-15(9-26-23(19)25)22-16(8-24)10-27-29(22)11-20-21(17)28-14(3)31-20/h4-7,9-10,13H,11H2,1-3H3,(H2,25,26). The molecule has 0 fully saturated rings. The summed E-state index contributed by atoms with van der Waals surface area (Å²) in [6.45, 7) is 6.56. The third-order valence-electron chi connectivity index (χ3n) is 5.42. The maximum absolute atomic E-state index is 9.67. The minimum absolute atomic E-state index is 0.274. The molecule has 4 aromatic rings. The van der Waals surface area contributed by atoms with Crippen LogP contribution >= 0.6 is 11.3 Å². The van der Waals surface area contributed by atoms with Crippen LogP contribution in [0, 0.1) is 25.2 Å². The number of nitrogens with two attached hydrogens (primary N) is 1. The van der Waals surface area contributed by atoms with E-state index in [9.17, 15) is 5.26 Å². The van der Waals surface area contributed by atoms with Crippen molar-refractivity contribution in [3.8, 4) is 34.3 Å². The Morgan fingerprint density at radius 1 is 1.26 bits per heavy atom. The molecule has 1 aliphatic heterocycles. The van der Waals surface area contributed by atoms with Gasteiger partial charge in [0.1, 0.15) is 12.2 Å². The number of thiazole rings is 1. The molecule has 4 heterocycles. The van der Waals surface area contributed by atoms with E-state index >= 15 is 0 Å². The zero-order valence-corrected chi connectivity index (χ0v) is 18.2. The summed E-state index contributed by atoms with van der Waals surface area (Å²) in [5, 5.41) is 15.1. The van der Waals surface area contributed by atoms with Gasteiger partial charge in [0, 0.05) is 22.9 Å². The second-order valence-corrected chi connectivity index (χ2v) is 8.93. The Morgan fingerprint density at radius 2 is 2.10 bits per heavy atom. The molecule has 8 heteroatoms. The number of anilines is 1. The van der Waals surface area contributed by atoms with Gasteiger partial charge in [-0.25, -0.2) is 9.97 Å². The summed E-state index contributed by atoms with van der Waals surface area (Å²) >= 11 is 1.64. The van der Waals surface area contributed by atoms with Crippen molar-refractivity contribution in [3.63, 3.8) is 0 Å². The summed E-state index contributed by atoms with van der Waals surface area (Å²) in [5.74, 6) is 0.779. The number of rotatable bonds is 0. The maximum Gasteiger partial charge on any atom is 0.166 e. The second kappa shape index (κ2) is 7.22. The van der Waals surface area contributed by atoms with E-state index in [0.29, 0.717) is 29.4 Å². The molecule has 2 N–H and O–H groups in total. The van der Waals surface area contributed by atoms with E-state index in [-0.39, 0.29) is 6.10 Å². The number of benzene rings is 1. The Labute approximate surface area is 183 Å². The molecule has 5 rings (SSSR count). The Balaban J connectivity index is 1.82. The zero-order chi connectivity index (χ0) is 21.7. The van der Waals surface area contributed by atoms with Crippen LogP contribution in [0.1, 0.15) is 39.6 Å². The lowest BCUT2D eigenvalue weighted by molar-refractivity contribution is 0.228. The van der Waals surface area contributed by atoms with E-state index in [1.54, 1.807) is 23.7 Å². The van der Waals surface area contributed by atoms with E-state index in [0.717, 1.165) is 37.8 Å². The highest BCUT2D eigenvalue weighted by Crippen LogP contribution is 2.39. The van der Waals surface area contributed by atoms with Gasteiger partial charge in [-0.2, -0.15) is 10.4 Å². The van der Waals surface area contributed by atoms with Crippen molar-refractivity contribution in [2.75, 3.05) is 5.73 Å². The van der Waals surface area contributed by atoms with E-state index in [2.05, 4.69) is 41.3 Å². The van der Waals surface area contributed by atoms with Crippen LogP contribution in [0.4, 0.5) is 5.82 Å². The fourth-order valence-electron chi connectivity index (χ4n) is 3.98. The summed E-state index contributed by atoms with van der Waals surface area (Å²) in [5.41, 5.74) is 12.2. The molecule has 0 saturated carbocycles. The molecule has 0 spiro atoms. The lowest BCUT2D eigenvalue weighted by atomic mass is 9.97. The van der Waals surface area contributed by atoms with E-state index in [1.807, 2.05) is 24.6 Å². The summed E-state index contributed by atoms with van der Waals surface area (Å²) in [6, 6.07) is 10.4.